The molecule has 0 amide bonds. The van der Waals surface area contributed by atoms with Crippen molar-refractivity contribution < 1.29 is 37.4 Å². The number of hydrogen-bond donors (Lipinski definition) is 4. The molecular formula is C30H38F4N2O4. The Labute approximate surface area is 232 Å². The van der Waals surface area contributed by atoms with Crippen molar-refractivity contribution in [3.63, 3.8) is 0 Å². The Bertz CT molecular complexity index is 1100. The van der Waals surface area contributed by atoms with Crippen LogP contribution in [0.5, 0.6) is 0 Å². The van der Waals surface area contributed by atoms with Gasteiger partial charge in [-0.05, 0) is 85.8 Å². The Morgan fingerprint density at radius 3 is 1.45 bits per heavy atom. The lowest BCUT2D eigenvalue weighted by atomic mass is 9.87. The second-order valence-electron chi connectivity index (χ2n) is 10.6. The first-order chi connectivity index (χ1) is 19.0. The lowest BCUT2D eigenvalue weighted by Gasteiger charge is -2.28. The summed E-state index contributed by atoms with van der Waals surface area (Å²) in [6, 6.07) is 3.17. The molecule has 0 aliphatic heterocycles. The lowest BCUT2D eigenvalue weighted by molar-refractivity contribution is -0.140. The Kier molecular flexibility index (Phi) is 11.5. The summed E-state index contributed by atoms with van der Waals surface area (Å²) in [5.41, 5.74) is 2.41. The maximum absolute atomic E-state index is 13.8. The second kappa shape index (κ2) is 14.6. The number of aliphatic carboxylic acids is 2. The summed E-state index contributed by atoms with van der Waals surface area (Å²) < 4.78 is 53.8. The molecule has 0 fully saturated rings. The van der Waals surface area contributed by atoms with E-state index in [1.54, 1.807) is 0 Å². The van der Waals surface area contributed by atoms with E-state index in [2.05, 4.69) is 10.6 Å². The quantitative estimate of drug-likeness (QED) is 0.290. The monoisotopic (exact) mass is 566 g/mol. The first kappa shape index (κ1) is 31.5. The number of aryl methyl sites for hydroxylation is 2. The summed E-state index contributed by atoms with van der Waals surface area (Å²) in [7, 11) is 0. The van der Waals surface area contributed by atoms with Crippen molar-refractivity contribution in [3.8, 4) is 0 Å². The van der Waals surface area contributed by atoms with E-state index in [1.807, 2.05) is 13.8 Å². The van der Waals surface area contributed by atoms with Crippen molar-refractivity contribution in [1.29, 1.82) is 0 Å². The molecular weight excluding hydrogens is 528 g/mol. The van der Waals surface area contributed by atoms with E-state index in [9.17, 15) is 27.2 Å². The smallest absolute Gasteiger partial charge is 0.320 e. The molecule has 0 radical (unpaired) electrons. The van der Waals surface area contributed by atoms with Gasteiger partial charge in [0.2, 0.25) is 0 Å². The minimum absolute atomic E-state index is 0.0740. The molecule has 0 heterocycles. The molecule has 0 bridgehead atoms. The maximum atomic E-state index is 13.8. The molecule has 0 spiro atoms. The molecule has 0 saturated carbocycles. The molecule has 4 atom stereocenters. The number of rotatable bonds is 10. The van der Waals surface area contributed by atoms with Crippen LogP contribution in [0.4, 0.5) is 17.6 Å². The van der Waals surface area contributed by atoms with Crippen molar-refractivity contribution in [3.05, 3.63) is 69.8 Å². The highest BCUT2D eigenvalue weighted by molar-refractivity contribution is 5.73. The van der Waals surface area contributed by atoms with Gasteiger partial charge in [-0.1, -0.05) is 26.7 Å². The number of carbonyl (C=O) groups is 2. The standard InChI is InChI=1S/2C15H19F2NO2/c2*1-2-3-14(15(19)20)18-11-5-4-9-6-10(16)7-13(17)12(9)8-11/h2*6-7,11,14,18H,2-5,8H2,1H3,(H,19,20). The van der Waals surface area contributed by atoms with Crippen LogP contribution in [0.3, 0.4) is 0 Å². The van der Waals surface area contributed by atoms with E-state index in [4.69, 9.17) is 10.2 Å². The van der Waals surface area contributed by atoms with Crippen LogP contribution < -0.4 is 10.6 Å². The van der Waals surface area contributed by atoms with Gasteiger partial charge in [0.15, 0.2) is 0 Å². The van der Waals surface area contributed by atoms with Gasteiger partial charge in [-0.15, -0.1) is 0 Å². The molecule has 2 aliphatic rings. The topological polar surface area (TPSA) is 98.7 Å². The highest BCUT2D eigenvalue weighted by Crippen LogP contribution is 2.27. The molecule has 0 saturated heterocycles. The van der Waals surface area contributed by atoms with Gasteiger partial charge in [0.25, 0.3) is 0 Å². The molecule has 4 N–H and O–H groups in total. The Morgan fingerprint density at radius 1 is 0.750 bits per heavy atom. The van der Waals surface area contributed by atoms with Gasteiger partial charge in [0, 0.05) is 24.2 Å². The van der Waals surface area contributed by atoms with Gasteiger partial charge in [-0.25, -0.2) is 17.6 Å². The van der Waals surface area contributed by atoms with Crippen LogP contribution in [-0.2, 0) is 35.3 Å². The van der Waals surface area contributed by atoms with E-state index < -0.39 is 47.3 Å². The number of carboxylic acids is 2. The predicted octanol–water partition coefficient (Wildman–Crippen LogP) is 5.33. The van der Waals surface area contributed by atoms with Crippen LogP contribution in [0, 0.1) is 23.3 Å². The molecule has 220 valence electrons. The molecule has 0 aromatic heterocycles. The van der Waals surface area contributed by atoms with Gasteiger partial charge in [-0.2, -0.15) is 0 Å². The van der Waals surface area contributed by atoms with Gasteiger partial charge >= 0.3 is 11.9 Å². The minimum atomic E-state index is -0.878. The molecule has 2 aromatic rings. The fourth-order valence-electron chi connectivity index (χ4n) is 5.56. The van der Waals surface area contributed by atoms with E-state index in [0.717, 1.165) is 25.0 Å². The largest absolute Gasteiger partial charge is 0.480 e. The fraction of sp³-hybridized carbons (Fsp3) is 0.533. The number of benzene rings is 2. The average molecular weight is 567 g/mol. The predicted molar refractivity (Wildman–Crippen MR) is 143 cm³/mol. The summed E-state index contributed by atoms with van der Waals surface area (Å²) in [5, 5.41) is 24.4. The zero-order chi connectivity index (χ0) is 29.4. The number of halogens is 4. The zero-order valence-electron chi connectivity index (χ0n) is 22.9. The van der Waals surface area contributed by atoms with Crippen molar-refractivity contribution in [2.45, 2.75) is 102 Å². The molecule has 6 nitrogen and oxygen atoms in total. The Morgan fingerprint density at radius 2 is 1.12 bits per heavy atom. The third-order valence-electron chi connectivity index (χ3n) is 7.56. The Hall–Kier alpha value is -2.98. The highest BCUT2D eigenvalue weighted by atomic mass is 19.1. The van der Waals surface area contributed by atoms with Crippen LogP contribution in [0.15, 0.2) is 24.3 Å². The van der Waals surface area contributed by atoms with Crippen LogP contribution >= 0.6 is 0 Å². The average Bonchev–Trinajstić information content (AvgIpc) is 2.89. The van der Waals surface area contributed by atoms with Gasteiger partial charge in [-0.3, -0.25) is 9.59 Å². The summed E-state index contributed by atoms with van der Waals surface area (Å²) in [6.45, 7) is 3.85. The first-order valence-electron chi connectivity index (χ1n) is 13.9. The highest BCUT2D eigenvalue weighted by Gasteiger charge is 2.28. The molecule has 2 aliphatic carbocycles. The third kappa shape index (κ3) is 8.51. The molecule has 40 heavy (non-hydrogen) atoms. The first-order valence-corrected chi connectivity index (χ1v) is 13.9. The van der Waals surface area contributed by atoms with E-state index in [1.165, 1.54) is 12.1 Å². The summed E-state index contributed by atoms with van der Waals surface area (Å²) in [6.07, 6.45) is 5.99. The van der Waals surface area contributed by atoms with Crippen molar-refractivity contribution in [2.75, 3.05) is 0 Å². The summed E-state index contributed by atoms with van der Waals surface area (Å²) in [4.78, 5) is 22.3. The van der Waals surface area contributed by atoms with E-state index in [0.29, 0.717) is 73.6 Å². The second-order valence-corrected chi connectivity index (χ2v) is 10.6. The third-order valence-corrected chi connectivity index (χ3v) is 7.56. The molecule has 10 heteroatoms. The zero-order valence-corrected chi connectivity index (χ0v) is 22.9. The number of carboxylic acid groups (broad SMARTS) is 2. The molecule has 4 rings (SSSR count). The van der Waals surface area contributed by atoms with Gasteiger partial charge in [0.05, 0.1) is 0 Å². The minimum Gasteiger partial charge on any atom is -0.480 e. The van der Waals surface area contributed by atoms with Crippen molar-refractivity contribution in [1.82, 2.24) is 10.6 Å². The summed E-state index contributed by atoms with van der Waals surface area (Å²) >= 11 is 0. The number of hydrogen-bond acceptors (Lipinski definition) is 4. The van der Waals surface area contributed by atoms with E-state index in [-0.39, 0.29) is 12.1 Å². The lowest BCUT2D eigenvalue weighted by Crippen LogP contribution is -2.45. The van der Waals surface area contributed by atoms with E-state index >= 15 is 0 Å². The molecule has 4 unspecified atom stereocenters. The van der Waals surface area contributed by atoms with Crippen molar-refractivity contribution >= 4 is 11.9 Å². The van der Waals surface area contributed by atoms with Crippen molar-refractivity contribution in [2.24, 2.45) is 0 Å². The van der Waals surface area contributed by atoms with Gasteiger partial charge in [0.1, 0.15) is 35.4 Å². The number of fused-ring (bicyclic) bond motifs is 2. The fourth-order valence-corrected chi connectivity index (χ4v) is 5.56. The van der Waals surface area contributed by atoms with Crippen LogP contribution in [-0.4, -0.2) is 46.3 Å². The summed E-state index contributed by atoms with van der Waals surface area (Å²) in [5.74, 6) is -3.93. The Balaban J connectivity index is 0.000000220. The number of nitrogens with one attached hydrogen (secondary N) is 2. The SMILES string of the molecule is CCCC(NC1CCc2cc(F)cc(F)c2C1)C(=O)O.CCCC(NC1CCc2cc(F)cc(F)c2C1)C(=O)O. The van der Waals surface area contributed by atoms with Crippen LogP contribution in [0.2, 0.25) is 0 Å². The normalized spacial score (nSPS) is 19.4. The van der Waals surface area contributed by atoms with Crippen LogP contribution in [0.25, 0.3) is 0 Å². The molecule has 2 aromatic carbocycles. The van der Waals surface area contributed by atoms with Crippen LogP contribution in [0.1, 0.15) is 74.6 Å². The maximum Gasteiger partial charge on any atom is 0.320 e. The van der Waals surface area contributed by atoms with Gasteiger partial charge < -0.3 is 20.8 Å².